The molecule has 176 valence electrons. The molecule has 1 fully saturated rings. The Labute approximate surface area is 203 Å². The zero-order valence-electron chi connectivity index (χ0n) is 17.9. The standard InChI is InChI=1S/C23H19ClN2O7S/c1-2-9-33-22(31)16-11-15(7-8-17(16)24)25-19(27)12-26-20(28)18(34-23(26)32)10-13-3-5-14(6-4-13)21(29)30/h3-8,10-11H,2,9,12H2,1H3,(H,25,27)(H,29,30)/b18-10-. The summed E-state index contributed by atoms with van der Waals surface area (Å²) in [4.78, 5) is 61.4. The van der Waals surface area contributed by atoms with E-state index < -0.39 is 35.5 Å². The predicted molar refractivity (Wildman–Crippen MR) is 127 cm³/mol. The maximum absolute atomic E-state index is 12.6. The van der Waals surface area contributed by atoms with Gasteiger partial charge in [0.15, 0.2) is 0 Å². The molecular weight excluding hydrogens is 484 g/mol. The lowest BCUT2D eigenvalue weighted by Crippen LogP contribution is -2.36. The summed E-state index contributed by atoms with van der Waals surface area (Å²) in [6.45, 7) is 1.54. The van der Waals surface area contributed by atoms with Crippen molar-refractivity contribution < 1.29 is 33.8 Å². The number of imide groups is 1. The number of rotatable bonds is 8. The minimum atomic E-state index is -1.08. The van der Waals surface area contributed by atoms with Crippen molar-refractivity contribution in [2.45, 2.75) is 13.3 Å². The highest BCUT2D eigenvalue weighted by Crippen LogP contribution is 2.32. The van der Waals surface area contributed by atoms with Crippen molar-refractivity contribution in [3.05, 3.63) is 69.1 Å². The molecule has 0 atom stereocenters. The van der Waals surface area contributed by atoms with Crippen molar-refractivity contribution >= 4 is 64.1 Å². The molecule has 2 N–H and O–H groups in total. The molecular formula is C23H19ClN2O7S. The number of carboxylic acids is 1. The molecule has 0 bridgehead atoms. The second kappa shape index (κ2) is 11.0. The summed E-state index contributed by atoms with van der Waals surface area (Å²) in [6.07, 6.45) is 2.08. The summed E-state index contributed by atoms with van der Waals surface area (Å²) in [5.41, 5.74) is 0.948. The fraction of sp³-hybridized carbons (Fsp3) is 0.174. The fourth-order valence-electron chi connectivity index (χ4n) is 2.89. The van der Waals surface area contributed by atoms with Crippen LogP contribution < -0.4 is 5.32 Å². The number of carboxylic acid groups (broad SMARTS) is 1. The number of amides is 3. The van der Waals surface area contributed by atoms with Crippen molar-refractivity contribution in [3.8, 4) is 0 Å². The van der Waals surface area contributed by atoms with E-state index in [1.54, 1.807) is 0 Å². The van der Waals surface area contributed by atoms with E-state index in [4.69, 9.17) is 21.4 Å². The number of thioether (sulfide) groups is 1. The molecule has 0 spiro atoms. The van der Waals surface area contributed by atoms with Gasteiger partial charge in [-0.1, -0.05) is 30.7 Å². The molecule has 34 heavy (non-hydrogen) atoms. The summed E-state index contributed by atoms with van der Waals surface area (Å²) in [5, 5.41) is 11.0. The van der Waals surface area contributed by atoms with Crippen LogP contribution in [0.1, 0.15) is 39.6 Å². The minimum absolute atomic E-state index is 0.0796. The number of benzene rings is 2. The Morgan fingerprint density at radius 2 is 1.85 bits per heavy atom. The van der Waals surface area contributed by atoms with E-state index in [1.165, 1.54) is 48.5 Å². The first kappa shape index (κ1) is 25.0. The van der Waals surface area contributed by atoms with E-state index >= 15 is 0 Å². The van der Waals surface area contributed by atoms with Gasteiger partial charge in [0.1, 0.15) is 6.54 Å². The number of aromatic carboxylic acids is 1. The van der Waals surface area contributed by atoms with E-state index in [0.29, 0.717) is 23.7 Å². The lowest BCUT2D eigenvalue weighted by Gasteiger charge is -2.13. The van der Waals surface area contributed by atoms with Crippen LogP contribution in [0.2, 0.25) is 5.02 Å². The quantitative estimate of drug-likeness (QED) is 0.404. The SMILES string of the molecule is CCCOC(=O)c1cc(NC(=O)CN2C(=O)S/C(=C\c3ccc(C(=O)O)cc3)C2=O)ccc1Cl. The molecule has 1 aliphatic heterocycles. The molecule has 0 unspecified atom stereocenters. The first-order chi connectivity index (χ1) is 16.2. The monoisotopic (exact) mass is 502 g/mol. The van der Waals surface area contributed by atoms with Gasteiger partial charge in [-0.15, -0.1) is 0 Å². The largest absolute Gasteiger partial charge is 0.478 e. The number of carbonyl (C=O) groups is 5. The van der Waals surface area contributed by atoms with E-state index in [1.807, 2.05) is 6.92 Å². The number of carbonyl (C=O) groups excluding carboxylic acids is 4. The number of esters is 1. The van der Waals surface area contributed by atoms with E-state index in [-0.39, 0.29) is 33.3 Å². The van der Waals surface area contributed by atoms with Crippen molar-refractivity contribution in [1.82, 2.24) is 4.90 Å². The van der Waals surface area contributed by atoms with Crippen LogP contribution in [0.3, 0.4) is 0 Å². The van der Waals surface area contributed by atoms with Gasteiger partial charge in [-0.2, -0.15) is 0 Å². The number of nitrogens with zero attached hydrogens (tertiary/aromatic N) is 1. The van der Waals surface area contributed by atoms with Gasteiger partial charge >= 0.3 is 11.9 Å². The Bertz CT molecular complexity index is 1190. The van der Waals surface area contributed by atoms with Crippen molar-refractivity contribution in [1.29, 1.82) is 0 Å². The molecule has 11 heteroatoms. The number of halogens is 1. The molecule has 0 saturated carbocycles. The maximum Gasteiger partial charge on any atom is 0.339 e. The Kier molecular flexibility index (Phi) is 8.08. The van der Waals surface area contributed by atoms with Crippen LogP contribution in [0.15, 0.2) is 47.4 Å². The molecule has 9 nitrogen and oxygen atoms in total. The van der Waals surface area contributed by atoms with Gasteiger partial charge in [-0.3, -0.25) is 19.3 Å². The molecule has 0 aromatic heterocycles. The third-order valence-electron chi connectivity index (χ3n) is 4.54. The number of hydrogen-bond donors (Lipinski definition) is 2. The van der Waals surface area contributed by atoms with Crippen LogP contribution in [-0.2, 0) is 14.3 Å². The van der Waals surface area contributed by atoms with Gasteiger partial charge in [-0.25, -0.2) is 9.59 Å². The van der Waals surface area contributed by atoms with Crippen molar-refractivity contribution in [3.63, 3.8) is 0 Å². The van der Waals surface area contributed by atoms with E-state index in [9.17, 15) is 24.0 Å². The maximum atomic E-state index is 12.6. The molecule has 1 saturated heterocycles. The molecule has 2 aromatic carbocycles. The Balaban J connectivity index is 1.67. The Morgan fingerprint density at radius 3 is 2.50 bits per heavy atom. The van der Waals surface area contributed by atoms with Crippen LogP contribution in [0.25, 0.3) is 6.08 Å². The molecule has 3 amide bonds. The summed E-state index contributed by atoms with van der Waals surface area (Å²) in [5.74, 6) is -3.00. The summed E-state index contributed by atoms with van der Waals surface area (Å²) in [7, 11) is 0. The average Bonchev–Trinajstić information content (AvgIpc) is 3.06. The van der Waals surface area contributed by atoms with Crippen LogP contribution in [0, 0.1) is 0 Å². The van der Waals surface area contributed by atoms with E-state index in [0.717, 1.165) is 4.90 Å². The smallest absolute Gasteiger partial charge is 0.339 e. The highest BCUT2D eigenvalue weighted by atomic mass is 35.5. The van der Waals surface area contributed by atoms with Crippen molar-refractivity contribution in [2.24, 2.45) is 0 Å². The number of anilines is 1. The summed E-state index contributed by atoms with van der Waals surface area (Å²) in [6, 6.07) is 10.0. The predicted octanol–water partition coefficient (Wildman–Crippen LogP) is 4.28. The molecule has 1 heterocycles. The first-order valence-corrected chi connectivity index (χ1v) is 11.2. The fourth-order valence-corrected chi connectivity index (χ4v) is 3.92. The minimum Gasteiger partial charge on any atom is -0.478 e. The third-order valence-corrected chi connectivity index (χ3v) is 5.77. The van der Waals surface area contributed by atoms with Crippen LogP contribution in [-0.4, -0.2) is 52.2 Å². The first-order valence-electron chi connectivity index (χ1n) is 10.0. The number of ether oxygens (including phenoxy) is 1. The number of hydrogen-bond acceptors (Lipinski definition) is 7. The lowest BCUT2D eigenvalue weighted by atomic mass is 10.1. The van der Waals surface area contributed by atoms with Crippen molar-refractivity contribution in [2.75, 3.05) is 18.5 Å². The second-order valence-electron chi connectivity index (χ2n) is 7.07. The molecule has 2 aromatic rings. The Hall–Kier alpha value is -3.63. The van der Waals surface area contributed by atoms with E-state index in [2.05, 4.69) is 5.32 Å². The molecule has 1 aliphatic rings. The lowest BCUT2D eigenvalue weighted by molar-refractivity contribution is -0.127. The average molecular weight is 503 g/mol. The zero-order chi connectivity index (χ0) is 24.8. The van der Waals surface area contributed by atoms with Gasteiger partial charge in [-0.05, 0) is 60.2 Å². The van der Waals surface area contributed by atoms with Gasteiger partial charge in [0.25, 0.3) is 11.1 Å². The van der Waals surface area contributed by atoms with Crippen LogP contribution in [0.4, 0.5) is 10.5 Å². The zero-order valence-corrected chi connectivity index (χ0v) is 19.4. The summed E-state index contributed by atoms with van der Waals surface area (Å²) >= 11 is 6.71. The topological polar surface area (TPSA) is 130 Å². The van der Waals surface area contributed by atoms with Gasteiger partial charge in [0.2, 0.25) is 5.91 Å². The highest BCUT2D eigenvalue weighted by Gasteiger charge is 2.36. The normalized spacial score (nSPS) is 14.4. The third kappa shape index (κ3) is 6.03. The second-order valence-corrected chi connectivity index (χ2v) is 8.47. The van der Waals surface area contributed by atoms with Gasteiger partial charge in [0.05, 0.1) is 27.7 Å². The number of nitrogens with one attached hydrogen (secondary N) is 1. The van der Waals surface area contributed by atoms with Crippen LogP contribution in [0.5, 0.6) is 0 Å². The molecule has 0 aliphatic carbocycles. The Morgan fingerprint density at radius 1 is 1.15 bits per heavy atom. The molecule has 3 rings (SSSR count). The highest BCUT2D eigenvalue weighted by molar-refractivity contribution is 8.18. The molecule has 0 radical (unpaired) electrons. The summed E-state index contributed by atoms with van der Waals surface area (Å²) < 4.78 is 5.06. The van der Waals surface area contributed by atoms with Crippen LogP contribution >= 0.6 is 23.4 Å². The van der Waals surface area contributed by atoms with Gasteiger partial charge in [0, 0.05) is 5.69 Å². The van der Waals surface area contributed by atoms with Gasteiger partial charge < -0.3 is 15.2 Å².